The number of benzene rings is 2. The first-order valence-corrected chi connectivity index (χ1v) is 12.0. The first-order chi connectivity index (χ1) is 16.1. The van der Waals surface area contributed by atoms with Crippen LogP contribution >= 0.6 is 0 Å². The number of aryl methyl sites for hydroxylation is 1. The summed E-state index contributed by atoms with van der Waals surface area (Å²) in [5, 5.41) is 3.46. The Morgan fingerprint density at radius 2 is 1.58 bits per heavy atom. The van der Waals surface area contributed by atoms with Crippen LogP contribution in [-0.4, -0.2) is 44.1 Å². The van der Waals surface area contributed by atoms with Gasteiger partial charge in [-0.05, 0) is 58.5 Å². The summed E-state index contributed by atoms with van der Waals surface area (Å²) in [5.41, 5.74) is 3.77. The molecule has 2 heterocycles. The van der Waals surface area contributed by atoms with Crippen LogP contribution in [0.1, 0.15) is 45.5 Å². The molecule has 1 N–H and O–H groups in total. The molecule has 0 spiro atoms. The van der Waals surface area contributed by atoms with Crippen molar-refractivity contribution in [2.24, 2.45) is 0 Å². The number of nitrogens with zero attached hydrogens (tertiary/aromatic N) is 5. The third-order valence-corrected chi connectivity index (χ3v) is 6.15. The van der Waals surface area contributed by atoms with Crippen molar-refractivity contribution in [1.29, 1.82) is 0 Å². The van der Waals surface area contributed by atoms with Crippen LogP contribution in [0.25, 0.3) is 22.6 Å². The third-order valence-electron chi connectivity index (χ3n) is 6.15. The Bertz CT molecular complexity index is 1170. The van der Waals surface area contributed by atoms with E-state index < -0.39 is 0 Å². The number of para-hydroxylation sites is 1. The molecule has 0 saturated carbocycles. The van der Waals surface area contributed by atoms with E-state index in [-0.39, 0.29) is 6.04 Å². The molecule has 0 amide bonds. The fourth-order valence-corrected chi connectivity index (χ4v) is 4.32. The standard InChI is InChI=1S/C27H34N6/c1-5-32(6-2)19-13-14-20(3)33-26(22-15-9-7-10-16-22)31-24-25(28-21(4)29-27(24)33)30-23-17-11-8-12-18-23/h7-12,15-18,20H,5-6,13-14,19H2,1-4H3,(H,28,29,30). The molecular weight excluding hydrogens is 408 g/mol. The van der Waals surface area contributed by atoms with Crippen LogP contribution in [0.4, 0.5) is 11.5 Å². The lowest BCUT2D eigenvalue weighted by Crippen LogP contribution is -2.24. The lowest BCUT2D eigenvalue weighted by molar-refractivity contribution is 0.289. The summed E-state index contributed by atoms with van der Waals surface area (Å²) in [5.74, 6) is 2.42. The molecule has 0 radical (unpaired) electrons. The predicted molar refractivity (Wildman–Crippen MR) is 137 cm³/mol. The van der Waals surface area contributed by atoms with Gasteiger partial charge in [0.25, 0.3) is 0 Å². The molecule has 2 aromatic heterocycles. The topological polar surface area (TPSA) is 58.9 Å². The molecule has 0 bridgehead atoms. The number of hydrogen-bond donors (Lipinski definition) is 1. The molecule has 0 aliphatic carbocycles. The van der Waals surface area contributed by atoms with Crippen molar-refractivity contribution >= 4 is 22.7 Å². The molecule has 4 aromatic rings. The van der Waals surface area contributed by atoms with E-state index in [0.717, 1.165) is 72.4 Å². The van der Waals surface area contributed by atoms with E-state index in [1.807, 2.05) is 43.3 Å². The summed E-state index contributed by atoms with van der Waals surface area (Å²) >= 11 is 0. The van der Waals surface area contributed by atoms with Gasteiger partial charge in [-0.15, -0.1) is 0 Å². The van der Waals surface area contributed by atoms with Gasteiger partial charge >= 0.3 is 0 Å². The van der Waals surface area contributed by atoms with Crippen molar-refractivity contribution in [3.8, 4) is 11.4 Å². The molecule has 6 nitrogen and oxygen atoms in total. The lowest BCUT2D eigenvalue weighted by Gasteiger charge is -2.21. The normalized spacial score (nSPS) is 12.4. The zero-order chi connectivity index (χ0) is 23.2. The van der Waals surface area contributed by atoms with Crippen LogP contribution in [0.5, 0.6) is 0 Å². The highest BCUT2D eigenvalue weighted by Crippen LogP contribution is 2.33. The number of fused-ring (bicyclic) bond motifs is 1. The maximum absolute atomic E-state index is 5.08. The number of anilines is 2. The molecule has 0 fully saturated rings. The number of hydrogen-bond acceptors (Lipinski definition) is 5. The van der Waals surface area contributed by atoms with Crippen molar-refractivity contribution in [3.05, 3.63) is 66.5 Å². The van der Waals surface area contributed by atoms with E-state index in [9.17, 15) is 0 Å². The minimum absolute atomic E-state index is 0.264. The monoisotopic (exact) mass is 442 g/mol. The Morgan fingerprint density at radius 1 is 0.909 bits per heavy atom. The maximum atomic E-state index is 5.08. The SMILES string of the molecule is CCN(CC)CCCC(C)n1c(-c2ccccc2)nc2c(Nc3ccccc3)nc(C)nc21. The Balaban J connectivity index is 1.76. The van der Waals surface area contributed by atoms with Gasteiger partial charge in [-0.3, -0.25) is 0 Å². The van der Waals surface area contributed by atoms with Crippen molar-refractivity contribution in [1.82, 2.24) is 24.4 Å². The second-order valence-corrected chi connectivity index (χ2v) is 8.47. The second-order valence-electron chi connectivity index (χ2n) is 8.47. The van der Waals surface area contributed by atoms with Gasteiger partial charge in [-0.1, -0.05) is 62.4 Å². The quantitative estimate of drug-likeness (QED) is 0.315. The van der Waals surface area contributed by atoms with E-state index in [4.69, 9.17) is 15.0 Å². The summed E-state index contributed by atoms with van der Waals surface area (Å²) in [6.07, 6.45) is 2.20. The Hall–Kier alpha value is -3.25. The molecule has 0 aliphatic rings. The average molecular weight is 443 g/mol. The zero-order valence-electron chi connectivity index (χ0n) is 20.1. The van der Waals surface area contributed by atoms with Crippen LogP contribution in [0, 0.1) is 6.92 Å². The van der Waals surface area contributed by atoms with Crippen molar-refractivity contribution in [2.45, 2.75) is 46.6 Å². The summed E-state index contributed by atoms with van der Waals surface area (Å²) in [4.78, 5) is 17.1. The van der Waals surface area contributed by atoms with Gasteiger partial charge in [-0.25, -0.2) is 15.0 Å². The fraction of sp³-hybridized carbons (Fsp3) is 0.370. The first kappa shape index (κ1) is 22.9. The van der Waals surface area contributed by atoms with Gasteiger partial charge in [0.15, 0.2) is 17.0 Å². The maximum Gasteiger partial charge on any atom is 0.166 e. The van der Waals surface area contributed by atoms with Crippen molar-refractivity contribution < 1.29 is 0 Å². The van der Waals surface area contributed by atoms with Crippen LogP contribution in [0.3, 0.4) is 0 Å². The highest BCUT2D eigenvalue weighted by Gasteiger charge is 2.22. The average Bonchev–Trinajstić information content (AvgIpc) is 3.22. The number of nitrogens with one attached hydrogen (secondary N) is 1. The predicted octanol–water partition coefficient (Wildman–Crippen LogP) is 6.23. The van der Waals surface area contributed by atoms with E-state index in [0.29, 0.717) is 0 Å². The van der Waals surface area contributed by atoms with Crippen LogP contribution in [-0.2, 0) is 0 Å². The molecule has 0 saturated heterocycles. The van der Waals surface area contributed by atoms with Gasteiger partial charge in [0.05, 0.1) is 0 Å². The van der Waals surface area contributed by atoms with Gasteiger partial charge < -0.3 is 14.8 Å². The first-order valence-electron chi connectivity index (χ1n) is 12.0. The molecule has 2 aromatic carbocycles. The Morgan fingerprint density at radius 3 is 2.24 bits per heavy atom. The minimum atomic E-state index is 0.264. The fourth-order valence-electron chi connectivity index (χ4n) is 4.32. The van der Waals surface area contributed by atoms with Gasteiger partial charge in [0.2, 0.25) is 0 Å². The number of rotatable bonds is 10. The van der Waals surface area contributed by atoms with Crippen molar-refractivity contribution in [3.63, 3.8) is 0 Å². The van der Waals surface area contributed by atoms with Crippen LogP contribution in [0.15, 0.2) is 60.7 Å². The number of aromatic nitrogens is 4. The summed E-state index contributed by atoms with van der Waals surface area (Å²) in [7, 11) is 0. The molecule has 0 aliphatic heterocycles. The third kappa shape index (κ3) is 5.22. The van der Waals surface area contributed by atoms with E-state index in [1.54, 1.807) is 0 Å². The number of imidazole rings is 1. The largest absolute Gasteiger partial charge is 0.338 e. The second kappa shape index (κ2) is 10.6. The minimum Gasteiger partial charge on any atom is -0.338 e. The highest BCUT2D eigenvalue weighted by atomic mass is 15.2. The van der Waals surface area contributed by atoms with Gasteiger partial charge in [-0.2, -0.15) is 0 Å². The Labute approximate surface area is 196 Å². The zero-order valence-corrected chi connectivity index (χ0v) is 20.1. The van der Waals surface area contributed by atoms with Gasteiger partial charge in [0, 0.05) is 17.3 Å². The molecule has 172 valence electrons. The van der Waals surface area contributed by atoms with E-state index in [2.05, 4.69) is 59.8 Å². The van der Waals surface area contributed by atoms with Crippen LogP contribution < -0.4 is 5.32 Å². The van der Waals surface area contributed by atoms with Gasteiger partial charge in [0.1, 0.15) is 11.6 Å². The van der Waals surface area contributed by atoms with Crippen LogP contribution in [0.2, 0.25) is 0 Å². The molecule has 1 unspecified atom stereocenters. The summed E-state index contributed by atoms with van der Waals surface area (Å²) in [6, 6.07) is 20.8. The van der Waals surface area contributed by atoms with E-state index in [1.165, 1.54) is 0 Å². The lowest BCUT2D eigenvalue weighted by atomic mass is 10.1. The highest BCUT2D eigenvalue weighted by molar-refractivity contribution is 5.88. The smallest absolute Gasteiger partial charge is 0.166 e. The molecular formula is C27H34N6. The summed E-state index contributed by atoms with van der Waals surface area (Å²) in [6.45, 7) is 12.0. The Kier molecular flexibility index (Phi) is 7.35. The molecule has 4 rings (SSSR count). The molecule has 6 heteroatoms. The summed E-state index contributed by atoms with van der Waals surface area (Å²) < 4.78 is 2.30. The molecule has 1 atom stereocenters. The molecule has 33 heavy (non-hydrogen) atoms. The van der Waals surface area contributed by atoms with Crippen molar-refractivity contribution in [2.75, 3.05) is 25.0 Å². The van der Waals surface area contributed by atoms with E-state index >= 15 is 0 Å².